The zero-order valence-corrected chi connectivity index (χ0v) is 11.5. The highest BCUT2D eigenvalue weighted by Crippen LogP contribution is 2.22. The summed E-state index contributed by atoms with van der Waals surface area (Å²) in [4.78, 5) is 24.9. The maximum absolute atomic E-state index is 11.8. The molecule has 1 saturated heterocycles. The number of piperidine rings is 1. The Morgan fingerprint density at radius 2 is 1.68 bits per heavy atom. The Hall–Kier alpha value is -1.68. The molecule has 2 rings (SSSR count). The SMILES string of the molecule is CC(C)NCc1ccc(N2C(=O)CCCC2=O)cc1. The molecular formula is C15H20N2O2. The van der Waals surface area contributed by atoms with Crippen molar-refractivity contribution in [3.8, 4) is 0 Å². The van der Waals surface area contributed by atoms with Crippen LogP contribution in [-0.2, 0) is 16.1 Å². The van der Waals surface area contributed by atoms with Gasteiger partial charge in [-0.05, 0) is 24.1 Å². The summed E-state index contributed by atoms with van der Waals surface area (Å²) in [5.74, 6) is -0.186. The van der Waals surface area contributed by atoms with E-state index in [9.17, 15) is 9.59 Å². The van der Waals surface area contributed by atoms with Crippen molar-refractivity contribution < 1.29 is 9.59 Å². The molecule has 1 heterocycles. The number of hydrogen-bond acceptors (Lipinski definition) is 3. The summed E-state index contributed by atoms with van der Waals surface area (Å²) in [5.41, 5.74) is 1.83. The summed E-state index contributed by atoms with van der Waals surface area (Å²) in [6, 6.07) is 8.04. The third kappa shape index (κ3) is 3.41. The third-order valence-corrected chi connectivity index (χ3v) is 3.19. The average Bonchev–Trinajstić information content (AvgIpc) is 2.37. The number of anilines is 1. The van der Waals surface area contributed by atoms with Crippen LogP contribution in [0.4, 0.5) is 5.69 Å². The van der Waals surface area contributed by atoms with Gasteiger partial charge in [0, 0.05) is 25.4 Å². The summed E-state index contributed by atoms with van der Waals surface area (Å²) in [6.07, 6.45) is 1.59. The molecule has 1 aromatic rings. The van der Waals surface area contributed by atoms with E-state index in [-0.39, 0.29) is 11.8 Å². The number of imide groups is 1. The molecule has 102 valence electrons. The van der Waals surface area contributed by atoms with E-state index in [1.54, 1.807) is 0 Å². The number of carbonyl (C=O) groups excluding carboxylic acids is 2. The second-order valence-corrected chi connectivity index (χ2v) is 5.18. The van der Waals surface area contributed by atoms with Gasteiger partial charge in [0.15, 0.2) is 0 Å². The first kappa shape index (κ1) is 13.7. The molecule has 19 heavy (non-hydrogen) atoms. The Balaban J connectivity index is 2.09. The minimum atomic E-state index is -0.0932. The number of nitrogens with one attached hydrogen (secondary N) is 1. The summed E-state index contributed by atoms with van der Waals surface area (Å²) in [5, 5.41) is 3.33. The quantitative estimate of drug-likeness (QED) is 0.845. The highest BCUT2D eigenvalue weighted by molar-refractivity contribution is 6.16. The van der Waals surface area contributed by atoms with Gasteiger partial charge >= 0.3 is 0 Å². The Labute approximate surface area is 113 Å². The fraction of sp³-hybridized carbons (Fsp3) is 0.467. The second kappa shape index (κ2) is 5.97. The van der Waals surface area contributed by atoms with Gasteiger partial charge in [-0.2, -0.15) is 0 Å². The number of amides is 2. The summed E-state index contributed by atoms with van der Waals surface area (Å²) >= 11 is 0. The summed E-state index contributed by atoms with van der Waals surface area (Å²) in [6.45, 7) is 4.98. The number of rotatable bonds is 4. The van der Waals surface area contributed by atoms with Crippen LogP contribution in [0.3, 0.4) is 0 Å². The monoisotopic (exact) mass is 260 g/mol. The van der Waals surface area contributed by atoms with Crippen LogP contribution in [0.5, 0.6) is 0 Å². The predicted octanol–water partition coefficient (Wildman–Crippen LogP) is 2.23. The standard InChI is InChI=1S/C15H20N2O2/c1-11(2)16-10-12-6-8-13(9-7-12)17-14(18)4-3-5-15(17)19/h6-9,11,16H,3-5,10H2,1-2H3. The second-order valence-electron chi connectivity index (χ2n) is 5.18. The van der Waals surface area contributed by atoms with E-state index in [0.717, 1.165) is 12.1 Å². The first-order valence-corrected chi connectivity index (χ1v) is 6.76. The number of carbonyl (C=O) groups is 2. The molecule has 1 N–H and O–H groups in total. The van der Waals surface area contributed by atoms with Gasteiger partial charge in [-0.3, -0.25) is 14.5 Å². The van der Waals surface area contributed by atoms with E-state index in [2.05, 4.69) is 19.2 Å². The molecule has 1 aliphatic rings. The van der Waals surface area contributed by atoms with Gasteiger partial charge in [0.2, 0.25) is 11.8 Å². The lowest BCUT2D eigenvalue weighted by Gasteiger charge is -2.25. The minimum absolute atomic E-state index is 0.0932. The Morgan fingerprint density at radius 3 is 2.21 bits per heavy atom. The lowest BCUT2D eigenvalue weighted by Crippen LogP contribution is -2.40. The first-order valence-electron chi connectivity index (χ1n) is 6.76. The van der Waals surface area contributed by atoms with E-state index >= 15 is 0 Å². The normalized spacial score (nSPS) is 16.3. The fourth-order valence-electron chi connectivity index (χ4n) is 2.13. The predicted molar refractivity (Wildman–Crippen MR) is 74.8 cm³/mol. The third-order valence-electron chi connectivity index (χ3n) is 3.19. The molecule has 2 amide bonds. The zero-order chi connectivity index (χ0) is 13.8. The van der Waals surface area contributed by atoms with Gasteiger partial charge in [0.05, 0.1) is 5.69 Å². The fourth-order valence-corrected chi connectivity index (χ4v) is 2.13. The largest absolute Gasteiger partial charge is 0.310 e. The molecule has 0 bridgehead atoms. The molecule has 0 saturated carbocycles. The molecule has 1 fully saturated rings. The van der Waals surface area contributed by atoms with E-state index in [4.69, 9.17) is 0 Å². The van der Waals surface area contributed by atoms with Gasteiger partial charge in [0.25, 0.3) is 0 Å². The summed E-state index contributed by atoms with van der Waals surface area (Å²) in [7, 11) is 0. The smallest absolute Gasteiger partial charge is 0.233 e. The molecule has 1 aromatic carbocycles. The summed E-state index contributed by atoms with van der Waals surface area (Å²) < 4.78 is 0. The van der Waals surface area contributed by atoms with Crippen LogP contribution in [0.15, 0.2) is 24.3 Å². The Morgan fingerprint density at radius 1 is 1.11 bits per heavy atom. The van der Waals surface area contributed by atoms with Crippen LogP contribution in [0.1, 0.15) is 38.7 Å². The lowest BCUT2D eigenvalue weighted by molar-refractivity contribution is -0.129. The molecule has 0 aliphatic carbocycles. The Kier molecular flexibility index (Phi) is 4.32. The van der Waals surface area contributed by atoms with Gasteiger partial charge in [0.1, 0.15) is 0 Å². The average molecular weight is 260 g/mol. The maximum atomic E-state index is 11.8. The molecular weight excluding hydrogens is 240 g/mol. The van der Waals surface area contributed by atoms with Gasteiger partial charge in [-0.15, -0.1) is 0 Å². The van der Waals surface area contributed by atoms with Gasteiger partial charge in [-0.1, -0.05) is 26.0 Å². The van der Waals surface area contributed by atoms with Gasteiger partial charge in [-0.25, -0.2) is 0 Å². The van der Waals surface area contributed by atoms with E-state index < -0.39 is 0 Å². The van der Waals surface area contributed by atoms with Crippen LogP contribution in [0.25, 0.3) is 0 Å². The van der Waals surface area contributed by atoms with E-state index in [0.29, 0.717) is 31.0 Å². The van der Waals surface area contributed by atoms with Crippen molar-refractivity contribution in [3.05, 3.63) is 29.8 Å². The highest BCUT2D eigenvalue weighted by atomic mass is 16.2. The van der Waals surface area contributed by atoms with Crippen LogP contribution in [0.2, 0.25) is 0 Å². The molecule has 0 unspecified atom stereocenters. The number of benzene rings is 1. The zero-order valence-electron chi connectivity index (χ0n) is 11.5. The minimum Gasteiger partial charge on any atom is -0.310 e. The Bertz CT molecular complexity index is 450. The molecule has 4 heteroatoms. The molecule has 0 radical (unpaired) electrons. The van der Waals surface area contributed by atoms with Crippen LogP contribution < -0.4 is 10.2 Å². The van der Waals surface area contributed by atoms with Gasteiger partial charge < -0.3 is 5.32 Å². The van der Waals surface area contributed by atoms with Crippen LogP contribution in [0, 0.1) is 0 Å². The molecule has 0 atom stereocenters. The molecule has 1 aliphatic heterocycles. The highest BCUT2D eigenvalue weighted by Gasteiger charge is 2.26. The number of hydrogen-bond donors (Lipinski definition) is 1. The van der Waals surface area contributed by atoms with Crippen molar-refractivity contribution in [2.75, 3.05) is 4.90 Å². The molecule has 0 spiro atoms. The maximum Gasteiger partial charge on any atom is 0.233 e. The van der Waals surface area contributed by atoms with E-state index in [1.807, 2.05) is 24.3 Å². The molecule has 4 nitrogen and oxygen atoms in total. The molecule has 0 aromatic heterocycles. The van der Waals surface area contributed by atoms with Crippen LogP contribution in [-0.4, -0.2) is 17.9 Å². The lowest BCUT2D eigenvalue weighted by atomic mass is 10.1. The van der Waals surface area contributed by atoms with Crippen LogP contribution >= 0.6 is 0 Å². The van der Waals surface area contributed by atoms with E-state index in [1.165, 1.54) is 4.90 Å². The number of nitrogens with zero attached hydrogens (tertiary/aromatic N) is 1. The van der Waals surface area contributed by atoms with Crippen molar-refractivity contribution in [1.82, 2.24) is 5.32 Å². The topological polar surface area (TPSA) is 49.4 Å². The van der Waals surface area contributed by atoms with Crippen molar-refractivity contribution in [2.24, 2.45) is 0 Å². The van der Waals surface area contributed by atoms with Crippen molar-refractivity contribution >= 4 is 17.5 Å². The van der Waals surface area contributed by atoms with Crippen molar-refractivity contribution in [3.63, 3.8) is 0 Å². The first-order chi connectivity index (χ1) is 9.08. The van der Waals surface area contributed by atoms with Crippen molar-refractivity contribution in [2.45, 2.75) is 45.7 Å². The van der Waals surface area contributed by atoms with Crippen molar-refractivity contribution in [1.29, 1.82) is 0 Å².